The molecule has 1 aliphatic heterocycles. The Hall–Kier alpha value is -2.11. The van der Waals surface area contributed by atoms with Gasteiger partial charge in [-0.2, -0.15) is 4.98 Å². The van der Waals surface area contributed by atoms with Crippen LogP contribution in [0.1, 0.15) is 12.8 Å². The summed E-state index contributed by atoms with van der Waals surface area (Å²) in [4.78, 5) is 11.2. The molecule has 1 aliphatic rings. The van der Waals surface area contributed by atoms with Gasteiger partial charge >= 0.3 is 6.01 Å². The van der Waals surface area contributed by atoms with Crippen LogP contribution in [0.4, 0.5) is 0 Å². The average Bonchev–Trinajstić information content (AvgIpc) is 3.24. The molecule has 1 aromatic carbocycles. The average molecular weight is 343 g/mol. The van der Waals surface area contributed by atoms with E-state index >= 15 is 0 Å². The van der Waals surface area contributed by atoms with Crippen LogP contribution in [0, 0.1) is 0 Å². The molecule has 0 aliphatic carbocycles. The van der Waals surface area contributed by atoms with Crippen molar-refractivity contribution >= 4 is 22.5 Å². The van der Waals surface area contributed by atoms with E-state index < -0.39 is 0 Å². The van der Waals surface area contributed by atoms with Crippen LogP contribution in [-0.4, -0.2) is 45.7 Å². The molecule has 0 atom stereocenters. The molecule has 0 radical (unpaired) electrons. The first-order valence-corrected chi connectivity index (χ1v) is 8.62. The fourth-order valence-corrected chi connectivity index (χ4v) is 3.30. The fraction of sp³-hybridized carbons (Fsp3) is 0.333. The molecular weight excluding hydrogens is 324 g/mol. The summed E-state index contributed by atoms with van der Waals surface area (Å²) in [6, 6.07) is 10.1. The van der Waals surface area contributed by atoms with Crippen LogP contribution in [0.3, 0.4) is 0 Å². The zero-order valence-electron chi connectivity index (χ0n) is 13.4. The highest BCUT2D eigenvalue weighted by molar-refractivity contribution is 6.31. The Balaban J connectivity index is 1.51. The van der Waals surface area contributed by atoms with Crippen molar-refractivity contribution in [3.63, 3.8) is 0 Å². The van der Waals surface area contributed by atoms with Crippen molar-refractivity contribution in [2.45, 2.75) is 12.8 Å². The normalized spacial score (nSPS) is 15.2. The smallest absolute Gasteiger partial charge is 0.318 e. The number of nitrogens with zero attached hydrogens (tertiary/aromatic N) is 4. The molecule has 0 amide bonds. The molecule has 1 saturated heterocycles. The predicted molar refractivity (Wildman–Crippen MR) is 95.0 cm³/mol. The molecule has 0 N–H and O–H groups in total. The summed E-state index contributed by atoms with van der Waals surface area (Å²) in [5.74, 6) is 0.790. The highest BCUT2D eigenvalue weighted by Crippen LogP contribution is 2.23. The predicted octanol–water partition coefficient (Wildman–Crippen LogP) is 3.55. The van der Waals surface area contributed by atoms with Crippen molar-refractivity contribution in [3.05, 3.63) is 47.7 Å². The van der Waals surface area contributed by atoms with E-state index in [1.54, 1.807) is 6.20 Å². The lowest BCUT2D eigenvalue weighted by molar-refractivity contribution is 0.225. The van der Waals surface area contributed by atoms with Gasteiger partial charge in [0.1, 0.15) is 12.4 Å². The molecule has 3 aromatic rings. The topological polar surface area (TPSA) is 43.2 Å². The van der Waals surface area contributed by atoms with Crippen LogP contribution in [0.5, 0.6) is 6.01 Å². The number of ether oxygens (including phenoxy) is 1. The van der Waals surface area contributed by atoms with Gasteiger partial charge < -0.3 is 9.30 Å². The van der Waals surface area contributed by atoms with E-state index in [0.29, 0.717) is 12.6 Å². The van der Waals surface area contributed by atoms with Crippen LogP contribution in [0.15, 0.2) is 42.7 Å². The largest absolute Gasteiger partial charge is 0.462 e. The van der Waals surface area contributed by atoms with E-state index in [0.717, 1.165) is 28.3 Å². The molecule has 0 spiro atoms. The summed E-state index contributed by atoms with van der Waals surface area (Å²) in [5.41, 5.74) is 1.06. The molecule has 2 aromatic heterocycles. The van der Waals surface area contributed by atoms with Crippen LogP contribution in [-0.2, 0) is 0 Å². The second-order valence-corrected chi connectivity index (χ2v) is 6.42. The van der Waals surface area contributed by atoms with Gasteiger partial charge in [-0.3, -0.25) is 4.90 Å². The van der Waals surface area contributed by atoms with Crippen molar-refractivity contribution in [2.75, 3.05) is 26.2 Å². The molecule has 0 unspecified atom stereocenters. The lowest BCUT2D eigenvalue weighted by Crippen LogP contribution is -2.25. The Morgan fingerprint density at radius 1 is 1.12 bits per heavy atom. The molecular formula is C18H19ClN4O. The third-order valence-corrected chi connectivity index (χ3v) is 4.59. The fourth-order valence-electron chi connectivity index (χ4n) is 3.12. The zero-order chi connectivity index (χ0) is 16.4. The summed E-state index contributed by atoms with van der Waals surface area (Å²) in [6.07, 6.45) is 6.29. The Bertz CT molecular complexity index is 842. The minimum atomic E-state index is 0.419. The highest BCUT2D eigenvalue weighted by atomic mass is 35.5. The van der Waals surface area contributed by atoms with E-state index in [1.807, 2.05) is 41.1 Å². The van der Waals surface area contributed by atoms with Crippen molar-refractivity contribution in [1.29, 1.82) is 0 Å². The number of aromatic nitrogens is 3. The summed E-state index contributed by atoms with van der Waals surface area (Å²) in [7, 11) is 0. The number of benzene rings is 1. The number of halogens is 1. The lowest BCUT2D eigenvalue weighted by Gasteiger charge is -2.14. The second-order valence-electron chi connectivity index (χ2n) is 5.98. The maximum atomic E-state index is 6.05. The summed E-state index contributed by atoms with van der Waals surface area (Å²) >= 11 is 6.05. The van der Waals surface area contributed by atoms with Gasteiger partial charge in [-0.1, -0.05) is 11.6 Å². The number of hydrogen-bond acceptors (Lipinski definition) is 4. The number of likely N-dealkylation sites (tertiary alicyclic amines) is 1. The maximum Gasteiger partial charge on any atom is 0.318 e. The molecule has 6 heteroatoms. The first kappa shape index (κ1) is 15.4. The minimum absolute atomic E-state index is 0.419. The molecule has 0 bridgehead atoms. The van der Waals surface area contributed by atoms with Gasteiger partial charge in [0, 0.05) is 35.4 Å². The highest BCUT2D eigenvalue weighted by Gasteiger charge is 2.11. The maximum absolute atomic E-state index is 6.05. The van der Waals surface area contributed by atoms with E-state index in [-0.39, 0.29) is 0 Å². The van der Waals surface area contributed by atoms with Crippen molar-refractivity contribution in [3.8, 4) is 11.8 Å². The van der Waals surface area contributed by atoms with E-state index in [1.165, 1.54) is 25.9 Å². The standard InChI is InChI=1S/C18H19ClN4O/c19-15-3-4-16-14(13-15)6-10-23(16)17-5-7-20-18(21-17)24-12-11-22-8-1-2-9-22/h3-7,10,13H,1-2,8-9,11-12H2. The summed E-state index contributed by atoms with van der Waals surface area (Å²) in [6.45, 7) is 3.88. The van der Waals surface area contributed by atoms with Crippen LogP contribution in [0.2, 0.25) is 5.02 Å². The van der Waals surface area contributed by atoms with Crippen LogP contribution < -0.4 is 4.74 Å². The second kappa shape index (κ2) is 6.79. The lowest BCUT2D eigenvalue weighted by atomic mass is 10.2. The monoisotopic (exact) mass is 342 g/mol. The summed E-state index contributed by atoms with van der Waals surface area (Å²) in [5, 5.41) is 1.81. The van der Waals surface area contributed by atoms with Gasteiger partial charge in [-0.25, -0.2) is 4.98 Å². The molecule has 0 saturated carbocycles. The number of fused-ring (bicyclic) bond motifs is 1. The van der Waals surface area contributed by atoms with Crippen LogP contribution in [0.25, 0.3) is 16.7 Å². The van der Waals surface area contributed by atoms with E-state index in [4.69, 9.17) is 16.3 Å². The third-order valence-electron chi connectivity index (χ3n) is 4.36. The van der Waals surface area contributed by atoms with Gasteiger partial charge in [-0.15, -0.1) is 0 Å². The van der Waals surface area contributed by atoms with Gasteiger partial charge in [0.2, 0.25) is 0 Å². The van der Waals surface area contributed by atoms with Crippen molar-refractivity contribution in [1.82, 2.24) is 19.4 Å². The number of hydrogen-bond donors (Lipinski definition) is 0. The summed E-state index contributed by atoms with van der Waals surface area (Å²) < 4.78 is 7.75. The Kier molecular flexibility index (Phi) is 4.36. The first-order valence-electron chi connectivity index (χ1n) is 8.25. The van der Waals surface area contributed by atoms with Gasteiger partial charge in [0.15, 0.2) is 0 Å². The van der Waals surface area contributed by atoms with Crippen LogP contribution >= 0.6 is 11.6 Å². The molecule has 3 heterocycles. The van der Waals surface area contributed by atoms with E-state index in [2.05, 4.69) is 14.9 Å². The minimum Gasteiger partial charge on any atom is -0.462 e. The van der Waals surface area contributed by atoms with Gasteiger partial charge in [-0.05, 0) is 50.2 Å². The Morgan fingerprint density at radius 2 is 2.00 bits per heavy atom. The van der Waals surface area contributed by atoms with Crippen molar-refractivity contribution < 1.29 is 4.74 Å². The van der Waals surface area contributed by atoms with E-state index in [9.17, 15) is 0 Å². The molecule has 4 rings (SSSR count). The Morgan fingerprint density at radius 3 is 2.88 bits per heavy atom. The van der Waals surface area contributed by atoms with Gasteiger partial charge in [0.05, 0.1) is 5.52 Å². The Labute approximate surface area is 145 Å². The number of rotatable bonds is 5. The molecule has 1 fully saturated rings. The quantitative estimate of drug-likeness (QED) is 0.711. The first-order chi connectivity index (χ1) is 11.8. The molecule has 124 valence electrons. The molecule has 24 heavy (non-hydrogen) atoms. The third kappa shape index (κ3) is 3.23. The SMILES string of the molecule is Clc1ccc2c(ccn2-c2ccnc(OCCN3CCCC3)n2)c1. The molecule has 5 nitrogen and oxygen atoms in total. The zero-order valence-corrected chi connectivity index (χ0v) is 14.1. The van der Waals surface area contributed by atoms with Crippen molar-refractivity contribution in [2.24, 2.45) is 0 Å². The van der Waals surface area contributed by atoms with Gasteiger partial charge in [0.25, 0.3) is 0 Å².